The number of aromatic nitrogens is 2. The van der Waals surface area contributed by atoms with Crippen molar-refractivity contribution in [2.45, 2.75) is 39.5 Å². The predicted molar refractivity (Wildman–Crippen MR) is 141 cm³/mol. The topological polar surface area (TPSA) is 96.2 Å². The molecule has 0 bridgehead atoms. The van der Waals surface area contributed by atoms with Crippen LogP contribution >= 0.6 is 0 Å². The number of carbonyl (C=O) groups excluding carboxylic acids is 1. The predicted octanol–water partition coefficient (Wildman–Crippen LogP) is 6.20. The minimum atomic E-state index is -0.531. The average molecular weight is 471 g/mol. The first-order chi connectivity index (χ1) is 16.7. The van der Waals surface area contributed by atoms with Gasteiger partial charge in [-0.1, -0.05) is 64.1 Å². The highest BCUT2D eigenvalue weighted by molar-refractivity contribution is 6.08. The fourth-order valence-corrected chi connectivity index (χ4v) is 4.40. The van der Waals surface area contributed by atoms with Crippen LogP contribution in [0.1, 0.15) is 50.7 Å². The number of hydrogen-bond acceptors (Lipinski definition) is 4. The Morgan fingerprint density at radius 2 is 1.51 bits per heavy atom. The Bertz CT molecular complexity index is 1450. The first-order valence-electron chi connectivity index (χ1n) is 11.7. The number of benzene rings is 2. The molecule has 0 fully saturated rings. The molecule has 0 aliphatic heterocycles. The number of amides is 2. The Labute approximate surface area is 204 Å². The van der Waals surface area contributed by atoms with Gasteiger partial charge in [0.2, 0.25) is 0 Å². The van der Waals surface area contributed by atoms with Crippen LogP contribution in [-0.4, -0.2) is 20.7 Å². The number of aromatic hydroxyl groups is 1. The first kappa shape index (κ1) is 24.0. The van der Waals surface area contributed by atoms with Gasteiger partial charge in [-0.05, 0) is 41.2 Å². The van der Waals surface area contributed by atoms with Crippen LogP contribution in [0.5, 0.6) is 5.75 Å². The molecule has 180 valence electrons. The molecule has 0 spiro atoms. The molecule has 0 saturated heterocycles. The zero-order valence-corrected chi connectivity index (χ0v) is 20.6. The maximum absolute atomic E-state index is 13.4. The SMILES string of the molecule is CC(C)c1cccc(C(C)C)c1NC(=O)Nc1c(-c2ccccc2O)c2cccnc2n(C)c1=O. The van der Waals surface area contributed by atoms with Gasteiger partial charge in [0.1, 0.15) is 17.1 Å². The molecule has 2 amide bonds. The van der Waals surface area contributed by atoms with Crippen LogP contribution in [0.4, 0.5) is 16.2 Å². The van der Waals surface area contributed by atoms with E-state index in [0.29, 0.717) is 22.2 Å². The molecule has 0 aliphatic rings. The fourth-order valence-electron chi connectivity index (χ4n) is 4.40. The van der Waals surface area contributed by atoms with Gasteiger partial charge in [-0.15, -0.1) is 0 Å². The summed E-state index contributed by atoms with van der Waals surface area (Å²) in [6, 6.07) is 15.8. The van der Waals surface area contributed by atoms with Crippen molar-refractivity contribution in [1.29, 1.82) is 0 Å². The Kier molecular flexibility index (Phi) is 6.60. The summed E-state index contributed by atoms with van der Waals surface area (Å²) in [4.78, 5) is 31.1. The summed E-state index contributed by atoms with van der Waals surface area (Å²) < 4.78 is 1.40. The molecular formula is C28H30N4O3. The van der Waals surface area contributed by atoms with E-state index in [-0.39, 0.29) is 23.3 Å². The monoisotopic (exact) mass is 470 g/mol. The number of aryl methyl sites for hydroxylation is 1. The molecule has 0 aliphatic carbocycles. The quantitative estimate of drug-likeness (QED) is 0.324. The molecule has 7 heteroatoms. The minimum absolute atomic E-state index is 0.00149. The van der Waals surface area contributed by atoms with E-state index in [1.165, 1.54) is 4.57 Å². The molecule has 0 unspecified atom stereocenters. The lowest BCUT2D eigenvalue weighted by Gasteiger charge is -2.21. The van der Waals surface area contributed by atoms with Gasteiger partial charge in [-0.3, -0.25) is 9.36 Å². The van der Waals surface area contributed by atoms with Crippen molar-refractivity contribution in [2.24, 2.45) is 7.05 Å². The summed E-state index contributed by atoms with van der Waals surface area (Å²) in [7, 11) is 1.61. The summed E-state index contributed by atoms with van der Waals surface area (Å²) in [5.41, 5.74) is 3.73. The van der Waals surface area contributed by atoms with Crippen molar-refractivity contribution in [3.05, 3.63) is 82.3 Å². The van der Waals surface area contributed by atoms with Crippen LogP contribution in [0.15, 0.2) is 65.6 Å². The molecular weight excluding hydrogens is 440 g/mol. The van der Waals surface area contributed by atoms with E-state index in [0.717, 1.165) is 16.8 Å². The zero-order valence-electron chi connectivity index (χ0n) is 20.6. The van der Waals surface area contributed by atoms with Crippen LogP contribution < -0.4 is 16.2 Å². The zero-order chi connectivity index (χ0) is 25.3. The summed E-state index contributed by atoms with van der Waals surface area (Å²) in [5.74, 6) is 0.391. The molecule has 4 rings (SSSR count). The smallest absolute Gasteiger partial charge is 0.323 e. The third kappa shape index (κ3) is 4.49. The highest BCUT2D eigenvalue weighted by atomic mass is 16.3. The van der Waals surface area contributed by atoms with Crippen LogP contribution in [0.2, 0.25) is 0 Å². The molecule has 2 aromatic heterocycles. The van der Waals surface area contributed by atoms with Gasteiger partial charge in [0.25, 0.3) is 5.56 Å². The van der Waals surface area contributed by atoms with Crippen molar-refractivity contribution in [3.63, 3.8) is 0 Å². The second kappa shape index (κ2) is 9.62. The molecule has 35 heavy (non-hydrogen) atoms. The standard InChI is InChI=1S/C28H30N4O3/c1-16(2)18-11-8-12-19(17(3)4)24(18)30-28(35)31-25-23(20-10-6-7-14-22(20)33)21-13-9-15-29-26(21)32(5)27(25)34/h6-17,33H,1-5H3,(H2,30,31,35). The summed E-state index contributed by atoms with van der Waals surface area (Å²) in [6.07, 6.45) is 1.60. The van der Waals surface area contributed by atoms with Crippen LogP contribution in [0, 0.1) is 0 Å². The number of hydrogen-bond donors (Lipinski definition) is 3. The molecule has 0 radical (unpaired) electrons. The lowest BCUT2D eigenvalue weighted by molar-refractivity contribution is 0.262. The number of anilines is 2. The minimum Gasteiger partial charge on any atom is -0.507 e. The fraction of sp³-hybridized carbons (Fsp3) is 0.250. The number of pyridine rings is 2. The van der Waals surface area contributed by atoms with Gasteiger partial charge in [-0.2, -0.15) is 0 Å². The largest absolute Gasteiger partial charge is 0.507 e. The van der Waals surface area contributed by atoms with Crippen molar-refractivity contribution in [1.82, 2.24) is 9.55 Å². The van der Waals surface area contributed by atoms with Crippen LogP contribution in [0.3, 0.4) is 0 Å². The van der Waals surface area contributed by atoms with Crippen LogP contribution in [0.25, 0.3) is 22.2 Å². The first-order valence-corrected chi connectivity index (χ1v) is 11.7. The normalized spacial score (nSPS) is 11.3. The van der Waals surface area contributed by atoms with Crippen molar-refractivity contribution in [2.75, 3.05) is 10.6 Å². The lowest BCUT2D eigenvalue weighted by atomic mass is 9.93. The number of nitrogens with one attached hydrogen (secondary N) is 2. The second-order valence-corrected chi connectivity index (χ2v) is 9.21. The average Bonchev–Trinajstić information content (AvgIpc) is 2.83. The van der Waals surface area contributed by atoms with E-state index in [4.69, 9.17) is 0 Å². The van der Waals surface area contributed by atoms with Gasteiger partial charge < -0.3 is 15.7 Å². The van der Waals surface area contributed by atoms with Gasteiger partial charge in [0.15, 0.2) is 0 Å². The number of rotatable bonds is 5. The number of para-hydroxylation sites is 2. The van der Waals surface area contributed by atoms with E-state index < -0.39 is 11.6 Å². The number of nitrogens with zero attached hydrogens (tertiary/aromatic N) is 2. The molecule has 2 aromatic carbocycles. The second-order valence-electron chi connectivity index (χ2n) is 9.21. The maximum Gasteiger partial charge on any atom is 0.323 e. The van der Waals surface area contributed by atoms with E-state index in [1.54, 1.807) is 43.6 Å². The number of carbonyl (C=O) groups is 1. The molecule has 0 saturated carbocycles. The molecule has 7 nitrogen and oxygen atoms in total. The van der Waals surface area contributed by atoms with Gasteiger partial charge in [-0.25, -0.2) is 9.78 Å². The van der Waals surface area contributed by atoms with Crippen molar-refractivity contribution < 1.29 is 9.90 Å². The summed E-state index contributed by atoms with van der Waals surface area (Å²) in [6.45, 7) is 8.30. The molecule has 4 aromatic rings. The summed E-state index contributed by atoms with van der Waals surface area (Å²) in [5, 5.41) is 17.0. The highest BCUT2D eigenvalue weighted by Crippen LogP contribution is 2.38. The van der Waals surface area contributed by atoms with E-state index in [2.05, 4.69) is 43.3 Å². The van der Waals surface area contributed by atoms with Gasteiger partial charge in [0, 0.05) is 35.4 Å². The molecule has 0 atom stereocenters. The van der Waals surface area contributed by atoms with E-state index in [1.807, 2.05) is 24.3 Å². The van der Waals surface area contributed by atoms with E-state index in [9.17, 15) is 14.7 Å². The van der Waals surface area contributed by atoms with Gasteiger partial charge >= 0.3 is 6.03 Å². The number of fused-ring (bicyclic) bond motifs is 1. The third-order valence-electron chi connectivity index (χ3n) is 6.17. The Hall–Kier alpha value is -4.13. The highest BCUT2D eigenvalue weighted by Gasteiger charge is 2.22. The van der Waals surface area contributed by atoms with Crippen molar-refractivity contribution in [3.8, 4) is 16.9 Å². The maximum atomic E-state index is 13.4. The van der Waals surface area contributed by atoms with Crippen molar-refractivity contribution >= 4 is 28.4 Å². The van der Waals surface area contributed by atoms with E-state index >= 15 is 0 Å². The Morgan fingerprint density at radius 1 is 0.886 bits per heavy atom. The van der Waals surface area contributed by atoms with Crippen LogP contribution in [-0.2, 0) is 7.05 Å². The Morgan fingerprint density at radius 3 is 2.14 bits per heavy atom. The number of phenols is 1. The third-order valence-corrected chi connectivity index (χ3v) is 6.17. The molecule has 2 heterocycles. The lowest BCUT2D eigenvalue weighted by Crippen LogP contribution is -2.29. The number of urea groups is 1. The number of phenolic OH excluding ortho intramolecular Hbond substituents is 1. The van der Waals surface area contributed by atoms with Gasteiger partial charge in [0.05, 0.1) is 0 Å². The molecule has 3 N–H and O–H groups in total. The Balaban J connectivity index is 1.87. The summed E-state index contributed by atoms with van der Waals surface area (Å²) >= 11 is 0.